The predicted molar refractivity (Wildman–Crippen MR) is 84.1 cm³/mol. The van der Waals surface area contributed by atoms with Gasteiger partial charge in [-0.1, -0.05) is 6.07 Å². The molecule has 122 valence electrons. The molecule has 0 aromatic heterocycles. The van der Waals surface area contributed by atoms with Crippen LogP contribution in [0, 0.1) is 0 Å². The second kappa shape index (κ2) is 7.49. The minimum atomic E-state index is -0.439. The summed E-state index contributed by atoms with van der Waals surface area (Å²) in [6.07, 6.45) is 2.41. The second-order valence-corrected chi connectivity index (χ2v) is 5.75. The number of hydrogen-bond donors (Lipinski definition) is 1. The van der Waals surface area contributed by atoms with Crippen LogP contribution >= 0.6 is 0 Å². The van der Waals surface area contributed by atoms with Gasteiger partial charge in [0.2, 0.25) is 5.91 Å². The number of amides is 1. The molecule has 0 aliphatic carbocycles. The van der Waals surface area contributed by atoms with Gasteiger partial charge in [0, 0.05) is 13.0 Å². The number of hydrogen-bond acceptors (Lipinski definition) is 4. The fourth-order valence-corrected chi connectivity index (χ4v) is 2.95. The first kappa shape index (κ1) is 16.6. The van der Waals surface area contributed by atoms with E-state index in [1.165, 1.54) is 0 Å². The SMILES string of the molecule is COc1ccc([C@H]2CCCN2C(=O)CC[C@H](C)O)cc1OC. The summed E-state index contributed by atoms with van der Waals surface area (Å²) >= 11 is 0. The molecule has 1 heterocycles. The molecule has 1 fully saturated rings. The van der Waals surface area contributed by atoms with Crippen LogP contribution in [0.3, 0.4) is 0 Å². The zero-order valence-electron chi connectivity index (χ0n) is 13.5. The summed E-state index contributed by atoms with van der Waals surface area (Å²) in [5.41, 5.74) is 1.07. The maximum Gasteiger partial charge on any atom is 0.223 e. The molecule has 22 heavy (non-hydrogen) atoms. The third-order valence-corrected chi connectivity index (χ3v) is 4.14. The lowest BCUT2D eigenvalue weighted by atomic mass is 10.0. The summed E-state index contributed by atoms with van der Waals surface area (Å²) in [5, 5.41) is 9.35. The Bertz CT molecular complexity index is 515. The van der Waals surface area contributed by atoms with Crippen molar-refractivity contribution < 1.29 is 19.4 Å². The number of benzene rings is 1. The highest BCUT2D eigenvalue weighted by atomic mass is 16.5. The fraction of sp³-hybridized carbons (Fsp3) is 0.588. The minimum absolute atomic E-state index is 0.0845. The van der Waals surface area contributed by atoms with Gasteiger partial charge in [-0.25, -0.2) is 0 Å². The largest absolute Gasteiger partial charge is 0.493 e. The molecule has 0 bridgehead atoms. The van der Waals surface area contributed by atoms with Gasteiger partial charge in [0.05, 0.1) is 26.4 Å². The van der Waals surface area contributed by atoms with Gasteiger partial charge in [0.25, 0.3) is 0 Å². The van der Waals surface area contributed by atoms with Crippen molar-refractivity contribution in [1.82, 2.24) is 4.90 Å². The first-order chi connectivity index (χ1) is 10.6. The number of aliphatic hydroxyl groups excluding tert-OH is 1. The van der Waals surface area contributed by atoms with Crippen molar-refractivity contribution in [1.29, 1.82) is 0 Å². The van der Waals surface area contributed by atoms with Crippen LogP contribution < -0.4 is 9.47 Å². The number of rotatable bonds is 6. The quantitative estimate of drug-likeness (QED) is 0.877. The van der Waals surface area contributed by atoms with Crippen molar-refractivity contribution in [3.8, 4) is 11.5 Å². The third kappa shape index (κ3) is 3.71. The van der Waals surface area contributed by atoms with Crippen LogP contribution in [0.15, 0.2) is 18.2 Å². The molecule has 0 unspecified atom stereocenters. The molecule has 0 spiro atoms. The summed E-state index contributed by atoms with van der Waals surface area (Å²) in [7, 11) is 3.22. The number of nitrogens with zero attached hydrogens (tertiary/aromatic N) is 1. The van der Waals surface area contributed by atoms with E-state index in [0.29, 0.717) is 24.3 Å². The van der Waals surface area contributed by atoms with Gasteiger partial charge in [-0.3, -0.25) is 4.79 Å². The zero-order valence-corrected chi connectivity index (χ0v) is 13.5. The molecule has 1 saturated heterocycles. The Labute approximate surface area is 131 Å². The average molecular weight is 307 g/mol. The minimum Gasteiger partial charge on any atom is -0.493 e. The molecule has 1 aliphatic heterocycles. The van der Waals surface area contributed by atoms with Gasteiger partial charge < -0.3 is 19.5 Å². The number of ether oxygens (including phenoxy) is 2. The summed E-state index contributed by atoms with van der Waals surface area (Å²) in [5.74, 6) is 1.48. The van der Waals surface area contributed by atoms with Crippen LogP contribution in [-0.4, -0.2) is 42.8 Å². The average Bonchev–Trinajstić information content (AvgIpc) is 3.01. The molecular formula is C17H25NO4. The lowest BCUT2D eigenvalue weighted by Crippen LogP contribution is -2.30. The van der Waals surface area contributed by atoms with Gasteiger partial charge in [-0.2, -0.15) is 0 Å². The Kier molecular flexibility index (Phi) is 5.66. The van der Waals surface area contributed by atoms with E-state index in [-0.39, 0.29) is 11.9 Å². The second-order valence-electron chi connectivity index (χ2n) is 5.75. The lowest BCUT2D eigenvalue weighted by molar-refractivity contribution is -0.132. The van der Waals surface area contributed by atoms with Crippen LogP contribution in [-0.2, 0) is 4.79 Å². The van der Waals surface area contributed by atoms with E-state index >= 15 is 0 Å². The Morgan fingerprint density at radius 1 is 1.36 bits per heavy atom. The number of carbonyl (C=O) groups is 1. The van der Waals surface area contributed by atoms with E-state index in [9.17, 15) is 9.90 Å². The van der Waals surface area contributed by atoms with Crippen LogP contribution in [0.4, 0.5) is 0 Å². The van der Waals surface area contributed by atoms with E-state index in [1.807, 2.05) is 23.1 Å². The van der Waals surface area contributed by atoms with Crippen LogP contribution in [0.1, 0.15) is 44.2 Å². The summed E-state index contributed by atoms with van der Waals surface area (Å²) in [6, 6.07) is 5.90. The first-order valence-corrected chi connectivity index (χ1v) is 7.76. The molecule has 2 atom stereocenters. The number of carbonyl (C=O) groups excluding carboxylic acids is 1. The maximum absolute atomic E-state index is 12.4. The molecule has 1 aromatic rings. The zero-order chi connectivity index (χ0) is 16.1. The predicted octanol–water partition coefficient (Wildman–Crippen LogP) is 2.53. The van der Waals surface area contributed by atoms with Crippen LogP contribution in [0.2, 0.25) is 0 Å². The smallest absolute Gasteiger partial charge is 0.223 e. The molecule has 2 rings (SSSR count). The molecule has 0 saturated carbocycles. The molecule has 1 N–H and O–H groups in total. The van der Waals surface area contributed by atoms with Crippen molar-refractivity contribution in [3.05, 3.63) is 23.8 Å². The molecule has 1 aliphatic rings. The molecular weight excluding hydrogens is 282 g/mol. The number of likely N-dealkylation sites (tertiary alicyclic amines) is 1. The standard InChI is InChI=1S/C17H25NO4/c1-12(19)6-9-17(20)18-10-4-5-14(18)13-7-8-15(21-2)16(11-13)22-3/h7-8,11-12,14,19H,4-6,9-10H2,1-3H3/t12-,14+/m0/s1. The van der Waals surface area contributed by atoms with Crippen molar-refractivity contribution in [3.63, 3.8) is 0 Å². The molecule has 1 aromatic carbocycles. The molecule has 5 heteroatoms. The van der Waals surface area contributed by atoms with Crippen molar-refractivity contribution in [2.75, 3.05) is 20.8 Å². The monoisotopic (exact) mass is 307 g/mol. The molecule has 5 nitrogen and oxygen atoms in total. The third-order valence-electron chi connectivity index (χ3n) is 4.14. The van der Waals surface area contributed by atoms with Gasteiger partial charge in [0.1, 0.15) is 0 Å². The van der Waals surface area contributed by atoms with Crippen molar-refractivity contribution in [2.45, 2.75) is 44.8 Å². The molecule has 0 radical (unpaired) electrons. The van der Waals surface area contributed by atoms with Gasteiger partial charge in [-0.05, 0) is 43.9 Å². The van der Waals surface area contributed by atoms with Gasteiger partial charge in [-0.15, -0.1) is 0 Å². The van der Waals surface area contributed by atoms with E-state index in [1.54, 1.807) is 21.1 Å². The fourth-order valence-electron chi connectivity index (χ4n) is 2.95. The highest BCUT2D eigenvalue weighted by molar-refractivity contribution is 5.77. The van der Waals surface area contributed by atoms with Gasteiger partial charge in [0.15, 0.2) is 11.5 Å². The highest BCUT2D eigenvalue weighted by Crippen LogP contribution is 2.37. The first-order valence-electron chi connectivity index (χ1n) is 7.76. The van der Waals surface area contributed by atoms with E-state index in [4.69, 9.17) is 9.47 Å². The highest BCUT2D eigenvalue weighted by Gasteiger charge is 2.30. The summed E-state index contributed by atoms with van der Waals surface area (Å²) in [4.78, 5) is 14.3. The Hall–Kier alpha value is -1.75. The Morgan fingerprint density at radius 3 is 2.73 bits per heavy atom. The number of aliphatic hydroxyl groups is 1. The lowest BCUT2D eigenvalue weighted by Gasteiger charge is -2.26. The van der Waals surface area contributed by atoms with Crippen molar-refractivity contribution in [2.24, 2.45) is 0 Å². The summed E-state index contributed by atoms with van der Waals surface area (Å²) < 4.78 is 10.6. The van der Waals surface area contributed by atoms with Crippen molar-refractivity contribution >= 4 is 5.91 Å². The Morgan fingerprint density at radius 2 is 2.09 bits per heavy atom. The maximum atomic E-state index is 12.4. The van der Waals surface area contributed by atoms with E-state index in [2.05, 4.69) is 0 Å². The van der Waals surface area contributed by atoms with Crippen LogP contribution in [0.5, 0.6) is 11.5 Å². The number of methoxy groups -OCH3 is 2. The van der Waals surface area contributed by atoms with Gasteiger partial charge >= 0.3 is 0 Å². The van der Waals surface area contributed by atoms with E-state index in [0.717, 1.165) is 24.9 Å². The van der Waals surface area contributed by atoms with Crippen LogP contribution in [0.25, 0.3) is 0 Å². The molecule has 1 amide bonds. The normalized spacial score (nSPS) is 19.1. The van der Waals surface area contributed by atoms with E-state index < -0.39 is 6.10 Å². The summed E-state index contributed by atoms with van der Waals surface area (Å²) in [6.45, 7) is 2.49. The topological polar surface area (TPSA) is 59.0 Å². The Balaban J connectivity index is 2.14.